The Bertz CT molecular complexity index is 446. The molecule has 3 N–H and O–H groups in total. The van der Waals surface area contributed by atoms with E-state index in [1.165, 1.54) is 0 Å². The van der Waals surface area contributed by atoms with Crippen molar-refractivity contribution in [2.45, 2.75) is 44.9 Å². The van der Waals surface area contributed by atoms with Gasteiger partial charge < -0.3 is 11.1 Å². The van der Waals surface area contributed by atoms with Crippen LogP contribution in [0.5, 0.6) is 0 Å². The van der Waals surface area contributed by atoms with Crippen LogP contribution in [-0.2, 0) is 11.2 Å². The monoisotopic (exact) mass is 302 g/mol. The standard InChI is InChI=1S/C15H21F3N2O/c1-10(2)13(19)14(21)20-12(15(16,17)18)9-8-11-6-4-3-5-7-11/h3-7,10,12-13H,8-9,19H2,1-2H3,(H,20,21)/t12?,13-/m0/s1. The van der Waals surface area contributed by atoms with Crippen LogP contribution in [0.25, 0.3) is 0 Å². The Hall–Kier alpha value is -1.56. The summed E-state index contributed by atoms with van der Waals surface area (Å²) in [6.45, 7) is 3.38. The Morgan fingerprint density at radius 3 is 2.29 bits per heavy atom. The number of alkyl halides is 3. The summed E-state index contributed by atoms with van der Waals surface area (Å²) < 4.78 is 39.0. The fraction of sp³-hybridized carbons (Fsp3) is 0.533. The fourth-order valence-electron chi connectivity index (χ4n) is 1.84. The van der Waals surface area contributed by atoms with E-state index in [1.54, 1.807) is 44.2 Å². The van der Waals surface area contributed by atoms with Gasteiger partial charge in [0.25, 0.3) is 0 Å². The average molecular weight is 302 g/mol. The molecule has 0 aliphatic heterocycles. The van der Waals surface area contributed by atoms with Gasteiger partial charge in [-0.1, -0.05) is 44.2 Å². The molecule has 0 heterocycles. The molecule has 1 aromatic rings. The summed E-state index contributed by atoms with van der Waals surface area (Å²) in [7, 11) is 0. The van der Waals surface area contributed by atoms with Gasteiger partial charge in [-0.05, 0) is 24.3 Å². The fourth-order valence-corrected chi connectivity index (χ4v) is 1.84. The lowest BCUT2D eigenvalue weighted by Crippen LogP contribution is -2.52. The van der Waals surface area contributed by atoms with Crippen molar-refractivity contribution in [1.29, 1.82) is 0 Å². The second-order valence-electron chi connectivity index (χ2n) is 5.40. The lowest BCUT2D eigenvalue weighted by molar-refractivity contribution is -0.163. The minimum atomic E-state index is -4.48. The van der Waals surface area contributed by atoms with Crippen LogP contribution in [0.3, 0.4) is 0 Å². The topological polar surface area (TPSA) is 55.1 Å². The lowest BCUT2D eigenvalue weighted by atomic mass is 10.0. The van der Waals surface area contributed by atoms with Crippen molar-refractivity contribution in [1.82, 2.24) is 5.32 Å². The van der Waals surface area contributed by atoms with Crippen LogP contribution in [0.2, 0.25) is 0 Å². The Morgan fingerprint density at radius 2 is 1.81 bits per heavy atom. The highest BCUT2D eigenvalue weighted by Gasteiger charge is 2.40. The van der Waals surface area contributed by atoms with Gasteiger partial charge in [-0.2, -0.15) is 13.2 Å². The van der Waals surface area contributed by atoms with Crippen molar-refractivity contribution in [3.8, 4) is 0 Å². The Labute approximate surface area is 122 Å². The first kappa shape index (κ1) is 17.5. The summed E-state index contributed by atoms with van der Waals surface area (Å²) in [6, 6.07) is 6.04. The first-order valence-corrected chi connectivity index (χ1v) is 6.88. The van der Waals surface area contributed by atoms with Crippen molar-refractivity contribution in [2.24, 2.45) is 11.7 Å². The van der Waals surface area contributed by atoms with Crippen molar-refractivity contribution in [3.05, 3.63) is 35.9 Å². The molecule has 0 fully saturated rings. The zero-order valence-electron chi connectivity index (χ0n) is 12.2. The van der Waals surface area contributed by atoms with Gasteiger partial charge in [0.1, 0.15) is 6.04 Å². The van der Waals surface area contributed by atoms with E-state index in [0.29, 0.717) is 0 Å². The van der Waals surface area contributed by atoms with Gasteiger partial charge in [0.2, 0.25) is 5.91 Å². The number of carbonyl (C=O) groups excluding carboxylic acids is 1. The molecule has 1 amide bonds. The van der Waals surface area contributed by atoms with Crippen molar-refractivity contribution < 1.29 is 18.0 Å². The van der Waals surface area contributed by atoms with Crippen LogP contribution in [-0.4, -0.2) is 24.2 Å². The molecule has 1 unspecified atom stereocenters. The molecule has 6 heteroatoms. The lowest BCUT2D eigenvalue weighted by Gasteiger charge is -2.24. The van der Waals surface area contributed by atoms with E-state index in [-0.39, 0.29) is 18.8 Å². The van der Waals surface area contributed by atoms with Crippen LogP contribution in [0.1, 0.15) is 25.8 Å². The number of hydrogen-bond acceptors (Lipinski definition) is 2. The van der Waals surface area contributed by atoms with E-state index in [2.05, 4.69) is 0 Å². The number of rotatable bonds is 6. The molecule has 21 heavy (non-hydrogen) atoms. The highest BCUT2D eigenvalue weighted by Crippen LogP contribution is 2.24. The van der Waals surface area contributed by atoms with E-state index in [4.69, 9.17) is 5.73 Å². The van der Waals surface area contributed by atoms with Gasteiger partial charge in [0.05, 0.1) is 6.04 Å². The molecule has 0 spiro atoms. The normalized spacial score (nSPS) is 14.8. The number of nitrogens with one attached hydrogen (secondary N) is 1. The maximum absolute atomic E-state index is 13.0. The molecule has 0 radical (unpaired) electrons. The van der Waals surface area contributed by atoms with E-state index in [1.807, 2.05) is 5.32 Å². The molecule has 0 saturated heterocycles. The van der Waals surface area contributed by atoms with Crippen LogP contribution in [0.4, 0.5) is 13.2 Å². The number of amides is 1. The predicted molar refractivity (Wildman–Crippen MR) is 75.6 cm³/mol. The Balaban J connectivity index is 2.67. The Morgan fingerprint density at radius 1 is 1.24 bits per heavy atom. The number of aryl methyl sites for hydroxylation is 1. The first-order valence-electron chi connectivity index (χ1n) is 6.88. The third kappa shape index (κ3) is 5.75. The summed E-state index contributed by atoms with van der Waals surface area (Å²) in [5, 5.41) is 2.02. The molecular weight excluding hydrogens is 281 g/mol. The third-order valence-corrected chi connectivity index (χ3v) is 3.30. The van der Waals surface area contributed by atoms with E-state index < -0.39 is 24.2 Å². The van der Waals surface area contributed by atoms with Crippen molar-refractivity contribution >= 4 is 5.91 Å². The van der Waals surface area contributed by atoms with Gasteiger partial charge >= 0.3 is 6.18 Å². The first-order chi connectivity index (χ1) is 9.71. The minimum absolute atomic E-state index is 0.204. The summed E-state index contributed by atoms with van der Waals surface area (Å²) in [5.41, 5.74) is 6.38. The highest BCUT2D eigenvalue weighted by molar-refractivity contribution is 5.82. The third-order valence-electron chi connectivity index (χ3n) is 3.30. The number of benzene rings is 1. The van der Waals surface area contributed by atoms with Gasteiger partial charge in [0, 0.05) is 0 Å². The Kier molecular flexibility index (Phi) is 6.20. The van der Waals surface area contributed by atoms with Crippen molar-refractivity contribution in [3.63, 3.8) is 0 Å². The zero-order chi connectivity index (χ0) is 16.0. The quantitative estimate of drug-likeness (QED) is 0.849. The van der Waals surface area contributed by atoms with E-state index in [9.17, 15) is 18.0 Å². The van der Waals surface area contributed by atoms with E-state index in [0.717, 1.165) is 5.56 Å². The van der Waals surface area contributed by atoms with Gasteiger partial charge in [-0.25, -0.2) is 0 Å². The summed E-state index contributed by atoms with van der Waals surface area (Å²) in [5.74, 6) is -0.978. The molecule has 0 aliphatic carbocycles. The number of halogens is 3. The zero-order valence-corrected chi connectivity index (χ0v) is 12.2. The van der Waals surface area contributed by atoms with Crippen LogP contribution >= 0.6 is 0 Å². The minimum Gasteiger partial charge on any atom is -0.343 e. The smallest absolute Gasteiger partial charge is 0.343 e. The number of hydrogen-bond donors (Lipinski definition) is 2. The predicted octanol–water partition coefficient (Wildman–Crippen LogP) is 2.65. The maximum atomic E-state index is 13.0. The van der Waals surface area contributed by atoms with E-state index >= 15 is 0 Å². The number of nitrogens with two attached hydrogens (primary N) is 1. The molecule has 0 bridgehead atoms. The average Bonchev–Trinajstić information content (AvgIpc) is 2.42. The molecule has 1 aromatic carbocycles. The molecule has 118 valence electrons. The molecule has 0 aliphatic rings. The van der Waals surface area contributed by atoms with Gasteiger partial charge in [-0.15, -0.1) is 0 Å². The summed E-state index contributed by atoms with van der Waals surface area (Å²) >= 11 is 0. The summed E-state index contributed by atoms with van der Waals surface area (Å²) in [4.78, 5) is 11.7. The van der Waals surface area contributed by atoms with Crippen LogP contribution in [0.15, 0.2) is 30.3 Å². The van der Waals surface area contributed by atoms with Crippen LogP contribution in [0, 0.1) is 5.92 Å². The maximum Gasteiger partial charge on any atom is 0.408 e. The molecule has 0 aromatic heterocycles. The molecule has 3 nitrogen and oxygen atoms in total. The molecule has 1 rings (SSSR count). The SMILES string of the molecule is CC(C)[C@H](N)C(=O)NC(CCc1ccccc1)C(F)(F)F. The molecule has 2 atom stereocenters. The largest absolute Gasteiger partial charge is 0.408 e. The number of carbonyl (C=O) groups is 1. The van der Waals surface area contributed by atoms with Gasteiger partial charge in [0.15, 0.2) is 0 Å². The summed E-state index contributed by atoms with van der Waals surface area (Å²) in [6.07, 6.45) is -4.45. The highest BCUT2D eigenvalue weighted by atomic mass is 19.4. The second kappa shape index (κ2) is 7.45. The van der Waals surface area contributed by atoms with Gasteiger partial charge in [-0.3, -0.25) is 4.79 Å². The molecule has 0 saturated carbocycles. The molecular formula is C15H21F3N2O. The second-order valence-corrected chi connectivity index (χ2v) is 5.40. The van der Waals surface area contributed by atoms with Crippen molar-refractivity contribution in [2.75, 3.05) is 0 Å². The van der Waals surface area contributed by atoms with Crippen LogP contribution < -0.4 is 11.1 Å².